The molecule has 21 heavy (non-hydrogen) atoms. The highest BCUT2D eigenvalue weighted by atomic mass is 19.1. The number of halogens is 1. The van der Waals surface area contributed by atoms with Crippen LogP contribution in [0.5, 0.6) is 5.75 Å². The standard InChI is InChI=1S/C16H25FN2O2/c1-16(2,3)18-10-9-15(20)19(4)11-12-21-14-8-6-5-7-13(14)17/h5-8,18H,9-12H2,1-4H3. The highest BCUT2D eigenvalue weighted by Gasteiger charge is 2.12. The molecule has 0 aliphatic heterocycles. The SMILES string of the molecule is CN(CCOc1ccccc1F)C(=O)CCNC(C)(C)C. The third kappa shape index (κ3) is 7.09. The van der Waals surface area contributed by atoms with Gasteiger partial charge < -0.3 is 15.0 Å². The molecule has 0 aromatic heterocycles. The lowest BCUT2D eigenvalue weighted by Gasteiger charge is -2.22. The van der Waals surface area contributed by atoms with Gasteiger partial charge in [0.1, 0.15) is 6.61 Å². The van der Waals surface area contributed by atoms with Crippen molar-refractivity contribution in [1.29, 1.82) is 0 Å². The fourth-order valence-electron chi connectivity index (χ4n) is 1.71. The van der Waals surface area contributed by atoms with Gasteiger partial charge in [-0.2, -0.15) is 0 Å². The van der Waals surface area contributed by atoms with Crippen molar-refractivity contribution < 1.29 is 13.9 Å². The molecule has 118 valence electrons. The monoisotopic (exact) mass is 296 g/mol. The second kappa shape index (κ2) is 7.98. The molecule has 0 unspecified atom stereocenters. The van der Waals surface area contributed by atoms with E-state index in [1.807, 2.05) is 0 Å². The number of amides is 1. The second-order valence-corrected chi connectivity index (χ2v) is 6.02. The molecule has 0 aliphatic carbocycles. The Labute approximate surface area is 126 Å². The maximum atomic E-state index is 13.3. The van der Waals surface area contributed by atoms with Gasteiger partial charge in [-0.25, -0.2) is 4.39 Å². The Balaban J connectivity index is 2.25. The molecule has 1 aromatic rings. The fraction of sp³-hybridized carbons (Fsp3) is 0.562. The Morgan fingerprint density at radius 1 is 1.33 bits per heavy atom. The molecule has 4 nitrogen and oxygen atoms in total. The zero-order valence-electron chi connectivity index (χ0n) is 13.3. The number of carbonyl (C=O) groups is 1. The number of benzene rings is 1. The van der Waals surface area contributed by atoms with Gasteiger partial charge in [0.15, 0.2) is 11.6 Å². The van der Waals surface area contributed by atoms with E-state index >= 15 is 0 Å². The highest BCUT2D eigenvalue weighted by Crippen LogP contribution is 2.14. The van der Waals surface area contributed by atoms with Crippen molar-refractivity contribution in [1.82, 2.24) is 10.2 Å². The third-order valence-electron chi connectivity index (χ3n) is 2.94. The van der Waals surface area contributed by atoms with E-state index in [1.54, 1.807) is 30.1 Å². The summed E-state index contributed by atoms with van der Waals surface area (Å²) in [6.45, 7) is 7.52. The van der Waals surface area contributed by atoms with Crippen molar-refractivity contribution in [2.75, 3.05) is 26.7 Å². The van der Waals surface area contributed by atoms with Crippen LogP contribution in [0.4, 0.5) is 4.39 Å². The van der Waals surface area contributed by atoms with Gasteiger partial charge >= 0.3 is 0 Å². The molecule has 0 saturated heterocycles. The van der Waals surface area contributed by atoms with Gasteiger partial charge in [0.05, 0.1) is 6.54 Å². The van der Waals surface area contributed by atoms with Crippen LogP contribution in [0.1, 0.15) is 27.2 Å². The summed E-state index contributed by atoms with van der Waals surface area (Å²) in [6.07, 6.45) is 0.438. The van der Waals surface area contributed by atoms with E-state index in [4.69, 9.17) is 4.74 Å². The first-order valence-corrected chi connectivity index (χ1v) is 7.16. The molecule has 0 saturated carbocycles. The number of nitrogens with one attached hydrogen (secondary N) is 1. The van der Waals surface area contributed by atoms with Gasteiger partial charge in [0.25, 0.3) is 0 Å². The summed E-state index contributed by atoms with van der Waals surface area (Å²) in [6, 6.07) is 6.25. The third-order valence-corrected chi connectivity index (χ3v) is 2.94. The summed E-state index contributed by atoms with van der Waals surface area (Å²) < 4.78 is 18.7. The summed E-state index contributed by atoms with van der Waals surface area (Å²) in [5, 5.41) is 3.27. The number of nitrogens with zero attached hydrogens (tertiary/aromatic N) is 1. The molecule has 1 N–H and O–H groups in total. The molecule has 5 heteroatoms. The zero-order valence-corrected chi connectivity index (χ0v) is 13.3. The Morgan fingerprint density at radius 2 is 2.00 bits per heavy atom. The summed E-state index contributed by atoms with van der Waals surface area (Å²) in [5.74, 6) is -0.127. The van der Waals surface area contributed by atoms with Gasteiger partial charge in [0.2, 0.25) is 5.91 Å². The average Bonchev–Trinajstić information content (AvgIpc) is 2.39. The van der Waals surface area contributed by atoms with Crippen LogP contribution in [0, 0.1) is 5.82 Å². The van der Waals surface area contributed by atoms with E-state index < -0.39 is 0 Å². The van der Waals surface area contributed by atoms with E-state index in [2.05, 4.69) is 26.1 Å². The second-order valence-electron chi connectivity index (χ2n) is 6.02. The maximum absolute atomic E-state index is 13.3. The van der Waals surface area contributed by atoms with Crippen LogP contribution in [-0.4, -0.2) is 43.1 Å². The Kier molecular flexibility index (Phi) is 6.62. The van der Waals surface area contributed by atoms with E-state index in [0.717, 1.165) is 0 Å². The zero-order chi connectivity index (χ0) is 15.9. The van der Waals surface area contributed by atoms with E-state index in [0.29, 0.717) is 19.5 Å². The normalized spacial score (nSPS) is 11.3. The maximum Gasteiger partial charge on any atom is 0.223 e. The topological polar surface area (TPSA) is 41.6 Å². The number of likely N-dealkylation sites (N-methyl/N-ethyl adjacent to an activating group) is 1. The van der Waals surface area contributed by atoms with Gasteiger partial charge in [-0.05, 0) is 32.9 Å². The van der Waals surface area contributed by atoms with E-state index in [-0.39, 0.29) is 29.6 Å². The largest absolute Gasteiger partial charge is 0.489 e. The summed E-state index contributed by atoms with van der Waals surface area (Å²) in [7, 11) is 1.73. The van der Waals surface area contributed by atoms with Crippen molar-refractivity contribution in [3.05, 3.63) is 30.1 Å². The fourth-order valence-corrected chi connectivity index (χ4v) is 1.71. The van der Waals surface area contributed by atoms with Crippen molar-refractivity contribution in [3.63, 3.8) is 0 Å². The van der Waals surface area contributed by atoms with Gasteiger partial charge in [-0.1, -0.05) is 12.1 Å². The minimum absolute atomic E-state index is 0.00674. The molecule has 0 atom stereocenters. The quantitative estimate of drug-likeness (QED) is 0.840. The molecule has 0 radical (unpaired) electrons. The molecule has 0 bridgehead atoms. The molecule has 1 aromatic carbocycles. The number of para-hydroxylation sites is 1. The molecule has 0 spiro atoms. The van der Waals surface area contributed by atoms with Crippen molar-refractivity contribution in [2.24, 2.45) is 0 Å². The minimum Gasteiger partial charge on any atom is -0.489 e. The average molecular weight is 296 g/mol. The lowest BCUT2D eigenvalue weighted by Crippen LogP contribution is -2.39. The van der Waals surface area contributed by atoms with Crippen molar-refractivity contribution in [2.45, 2.75) is 32.7 Å². The van der Waals surface area contributed by atoms with Crippen LogP contribution in [0.2, 0.25) is 0 Å². The number of rotatable bonds is 7. The highest BCUT2D eigenvalue weighted by molar-refractivity contribution is 5.76. The van der Waals surface area contributed by atoms with Gasteiger partial charge in [0, 0.05) is 25.6 Å². The molecule has 0 fully saturated rings. The molecule has 0 heterocycles. The Hall–Kier alpha value is -1.62. The lowest BCUT2D eigenvalue weighted by atomic mass is 10.1. The number of hydrogen-bond donors (Lipinski definition) is 1. The van der Waals surface area contributed by atoms with Crippen LogP contribution < -0.4 is 10.1 Å². The molecule has 1 amide bonds. The van der Waals surface area contributed by atoms with Crippen LogP contribution >= 0.6 is 0 Å². The smallest absolute Gasteiger partial charge is 0.223 e. The lowest BCUT2D eigenvalue weighted by molar-refractivity contribution is -0.130. The number of ether oxygens (including phenoxy) is 1. The Bertz CT molecular complexity index is 458. The predicted molar refractivity (Wildman–Crippen MR) is 81.9 cm³/mol. The van der Waals surface area contributed by atoms with Crippen LogP contribution in [0.3, 0.4) is 0 Å². The molecular formula is C16H25FN2O2. The van der Waals surface area contributed by atoms with Crippen LogP contribution in [0.15, 0.2) is 24.3 Å². The van der Waals surface area contributed by atoms with Crippen LogP contribution in [0.25, 0.3) is 0 Å². The first kappa shape index (κ1) is 17.4. The summed E-state index contributed by atoms with van der Waals surface area (Å²) in [4.78, 5) is 13.5. The number of hydrogen-bond acceptors (Lipinski definition) is 3. The first-order valence-electron chi connectivity index (χ1n) is 7.16. The van der Waals surface area contributed by atoms with E-state index in [1.165, 1.54) is 6.07 Å². The van der Waals surface area contributed by atoms with Gasteiger partial charge in [-0.15, -0.1) is 0 Å². The molecular weight excluding hydrogens is 271 g/mol. The summed E-state index contributed by atoms with van der Waals surface area (Å²) in [5.41, 5.74) is 0.00674. The van der Waals surface area contributed by atoms with Crippen molar-refractivity contribution >= 4 is 5.91 Å². The van der Waals surface area contributed by atoms with Crippen LogP contribution in [-0.2, 0) is 4.79 Å². The molecule has 0 aliphatic rings. The minimum atomic E-state index is -0.388. The van der Waals surface area contributed by atoms with Crippen molar-refractivity contribution in [3.8, 4) is 5.75 Å². The number of carbonyl (C=O) groups excluding carboxylic acids is 1. The van der Waals surface area contributed by atoms with Gasteiger partial charge in [-0.3, -0.25) is 4.79 Å². The first-order chi connectivity index (χ1) is 9.79. The predicted octanol–water partition coefficient (Wildman–Crippen LogP) is 2.44. The molecule has 1 rings (SSSR count). The summed E-state index contributed by atoms with van der Waals surface area (Å²) >= 11 is 0. The van der Waals surface area contributed by atoms with E-state index in [9.17, 15) is 9.18 Å². The Morgan fingerprint density at radius 3 is 2.62 bits per heavy atom.